The van der Waals surface area contributed by atoms with Crippen molar-refractivity contribution in [1.29, 1.82) is 0 Å². The summed E-state index contributed by atoms with van der Waals surface area (Å²) in [6, 6.07) is 6.24. The number of carbonyl (C=O) groups excluding carboxylic acids is 1. The molecule has 148 valence electrons. The number of carboxylic acids is 2. The second-order valence-electron chi connectivity index (χ2n) is 6.69. The van der Waals surface area contributed by atoms with Crippen LogP contribution in [0, 0.1) is 0 Å². The number of likely N-dealkylation sites (N-methyl/N-ethyl adjacent to an activating group) is 1. The van der Waals surface area contributed by atoms with Gasteiger partial charge in [0, 0.05) is 6.54 Å². The summed E-state index contributed by atoms with van der Waals surface area (Å²) in [4.78, 5) is 37.8. The molecule has 4 atom stereocenters. The topological polar surface area (TPSA) is 130 Å². The maximum atomic E-state index is 12.7. The quantitative estimate of drug-likeness (QED) is 0.478. The van der Waals surface area contributed by atoms with Gasteiger partial charge in [-0.3, -0.25) is 24.7 Å². The summed E-state index contributed by atoms with van der Waals surface area (Å²) in [7, 11) is 1.51. The van der Waals surface area contributed by atoms with E-state index in [2.05, 4.69) is 5.32 Å². The average Bonchev–Trinajstić information content (AvgIpc) is 2.93. The SMILES string of the molecule is C[C@H](N[C@@H](CCc1ccccc1)C(=O)O)C(=O)N1C(O)N(C)C[C@H]1C(=O)O. The lowest BCUT2D eigenvalue weighted by Gasteiger charge is -2.29. The number of rotatable bonds is 8. The monoisotopic (exact) mass is 379 g/mol. The fourth-order valence-electron chi connectivity index (χ4n) is 3.12. The van der Waals surface area contributed by atoms with Crippen molar-refractivity contribution in [2.24, 2.45) is 0 Å². The van der Waals surface area contributed by atoms with Gasteiger partial charge in [0.25, 0.3) is 0 Å². The molecule has 1 aliphatic rings. The predicted octanol–water partition coefficient (Wildman–Crippen LogP) is -0.446. The highest BCUT2D eigenvalue weighted by Gasteiger charge is 2.45. The van der Waals surface area contributed by atoms with E-state index >= 15 is 0 Å². The Bertz CT molecular complexity index is 683. The van der Waals surface area contributed by atoms with Gasteiger partial charge in [-0.05, 0) is 32.4 Å². The number of nitrogens with one attached hydrogen (secondary N) is 1. The summed E-state index contributed by atoms with van der Waals surface area (Å²) in [6.45, 7) is 1.45. The lowest BCUT2D eigenvalue weighted by atomic mass is 10.0. The van der Waals surface area contributed by atoms with E-state index in [1.165, 1.54) is 18.9 Å². The zero-order valence-corrected chi connectivity index (χ0v) is 15.3. The standard InChI is InChI=1S/C18H25N3O6/c1-11(15(22)21-14(17(25)26)10-20(2)18(21)27)19-13(16(23)24)9-8-12-6-4-3-5-7-12/h3-7,11,13-14,18-19,27H,8-10H2,1-2H3,(H,23,24)(H,25,26)/t11-,13-,14-,18?/m0/s1. The third-order valence-electron chi connectivity index (χ3n) is 4.66. The van der Waals surface area contributed by atoms with E-state index in [0.29, 0.717) is 6.42 Å². The minimum Gasteiger partial charge on any atom is -0.480 e. The number of aliphatic hydroxyl groups excluding tert-OH is 1. The Morgan fingerprint density at radius 1 is 1.22 bits per heavy atom. The first-order valence-electron chi connectivity index (χ1n) is 8.68. The molecule has 1 heterocycles. The van der Waals surface area contributed by atoms with Gasteiger partial charge in [0.15, 0.2) is 6.35 Å². The van der Waals surface area contributed by atoms with Crippen LogP contribution in [0.3, 0.4) is 0 Å². The zero-order chi connectivity index (χ0) is 20.1. The van der Waals surface area contributed by atoms with Crippen LogP contribution in [-0.2, 0) is 20.8 Å². The third kappa shape index (κ3) is 5.03. The molecule has 9 nitrogen and oxygen atoms in total. The Morgan fingerprint density at radius 2 is 1.85 bits per heavy atom. The number of benzene rings is 1. The first-order valence-corrected chi connectivity index (χ1v) is 8.68. The Hall–Kier alpha value is -2.49. The van der Waals surface area contributed by atoms with Crippen molar-refractivity contribution >= 4 is 17.8 Å². The molecule has 27 heavy (non-hydrogen) atoms. The second-order valence-corrected chi connectivity index (χ2v) is 6.69. The second kappa shape index (κ2) is 8.94. The number of aryl methyl sites for hydroxylation is 1. The zero-order valence-electron chi connectivity index (χ0n) is 15.3. The number of hydrogen-bond acceptors (Lipinski definition) is 6. The molecule has 0 radical (unpaired) electrons. The Kier molecular flexibility index (Phi) is 6.89. The molecule has 1 unspecified atom stereocenters. The van der Waals surface area contributed by atoms with Gasteiger partial charge in [-0.25, -0.2) is 4.79 Å². The molecule has 0 saturated carbocycles. The molecule has 1 aromatic carbocycles. The van der Waals surface area contributed by atoms with Crippen molar-refractivity contribution in [2.75, 3.05) is 13.6 Å². The van der Waals surface area contributed by atoms with Crippen molar-refractivity contribution in [1.82, 2.24) is 15.1 Å². The Balaban J connectivity index is 2.03. The van der Waals surface area contributed by atoms with Crippen LogP contribution in [0.25, 0.3) is 0 Å². The summed E-state index contributed by atoms with van der Waals surface area (Å²) in [5, 5.41) is 31.6. The molecule has 1 aromatic rings. The number of carboxylic acid groups (broad SMARTS) is 2. The van der Waals surface area contributed by atoms with Crippen molar-refractivity contribution in [3.8, 4) is 0 Å². The molecular weight excluding hydrogens is 354 g/mol. The Labute approximate surface area is 157 Å². The summed E-state index contributed by atoms with van der Waals surface area (Å²) in [6.07, 6.45) is -0.587. The largest absolute Gasteiger partial charge is 0.480 e. The molecule has 0 aromatic heterocycles. The van der Waals surface area contributed by atoms with Gasteiger partial charge >= 0.3 is 11.9 Å². The van der Waals surface area contributed by atoms with E-state index < -0.39 is 42.3 Å². The highest BCUT2D eigenvalue weighted by molar-refractivity contribution is 5.88. The number of carbonyl (C=O) groups is 3. The molecule has 0 spiro atoms. The van der Waals surface area contributed by atoms with Crippen molar-refractivity contribution in [3.05, 3.63) is 35.9 Å². The van der Waals surface area contributed by atoms with Crippen LogP contribution in [0.15, 0.2) is 30.3 Å². The van der Waals surface area contributed by atoms with Crippen molar-refractivity contribution in [3.63, 3.8) is 0 Å². The van der Waals surface area contributed by atoms with Crippen LogP contribution in [0.1, 0.15) is 18.9 Å². The van der Waals surface area contributed by atoms with Gasteiger partial charge in [0.1, 0.15) is 12.1 Å². The van der Waals surface area contributed by atoms with Crippen LogP contribution >= 0.6 is 0 Å². The number of nitrogens with zero attached hydrogens (tertiary/aromatic N) is 2. The molecule has 2 rings (SSSR count). The molecule has 9 heteroatoms. The van der Waals surface area contributed by atoms with Gasteiger partial charge in [-0.15, -0.1) is 0 Å². The molecule has 0 aliphatic carbocycles. The van der Waals surface area contributed by atoms with Gasteiger partial charge in [0.05, 0.1) is 6.04 Å². The molecule has 1 aliphatic heterocycles. The highest BCUT2D eigenvalue weighted by Crippen LogP contribution is 2.19. The minimum absolute atomic E-state index is 0.00860. The van der Waals surface area contributed by atoms with Gasteiger partial charge in [-0.2, -0.15) is 0 Å². The lowest BCUT2D eigenvalue weighted by Crippen LogP contribution is -2.56. The lowest BCUT2D eigenvalue weighted by molar-refractivity contribution is -0.159. The Morgan fingerprint density at radius 3 is 2.41 bits per heavy atom. The number of aliphatic hydroxyl groups is 1. The number of aliphatic carboxylic acids is 2. The molecule has 1 amide bonds. The third-order valence-corrected chi connectivity index (χ3v) is 4.66. The maximum absolute atomic E-state index is 12.7. The summed E-state index contributed by atoms with van der Waals surface area (Å²) >= 11 is 0. The number of hydrogen-bond donors (Lipinski definition) is 4. The average molecular weight is 379 g/mol. The van der Waals surface area contributed by atoms with Gasteiger partial charge in [-0.1, -0.05) is 30.3 Å². The summed E-state index contributed by atoms with van der Waals surface area (Å²) < 4.78 is 0. The summed E-state index contributed by atoms with van der Waals surface area (Å²) in [5.74, 6) is -2.98. The normalized spacial score (nSPS) is 22.4. The first kappa shape index (κ1) is 20.8. The fraction of sp³-hybridized carbons (Fsp3) is 0.500. The predicted molar refractivity (Wildman–Crippen MR) is 95.7 cm³/mol. The van der Waals surface area contributed by atoms with Crippen LogP contribution in [0.5, 0.6) is 0 Å². The molecule has 0 bridgehead atoms. The summed E-state index contributed by atoms with van der Waals surface area (Å²) in [5.41, 5.74) is 0.979. The number of amides is 1. The van der Waals surface area contributed by atoms with E-state index in [1.54, 1.807) is 0 Å². The van der Waals surface area contributed by atoms with E-state index in [1.807, 2.05) is 30.3 Å². The minimum atomic E-state index is -1.37. The van der Waals surface area contributed by atoms with Crippen molar-refractivity contribution < 1.29 is 29.7 Å². The van der Waals surface area contributed by atoms with Crippen LogP contribution < -0.4 is 5.32 Å². The van der Waals surface area contributed by atoms with Crippen LogP contribution in [-0.4, -0.2) is 81.0 Å². The van der Waals surface area contributed by atoms with Gasteiger partial charge < -0.3 is 15.3 Å². The first-order chi connectivity index (χ1) is 12.7. The smallest absolute Gasteiger partial charge is 0.327 e. The van der Waals surface area contributed by atoms with Crippen LogP contribution in [0.4, 0.5) is 0 Å². The van der Waals surface area contributed by atoms with Crippen LogP contribution in [0.2, 0.25) is 0 Å². The maximum Gasteiger partial charge on any atom is 0.327 e. The molecule has 1 saturated heterocycles. The van der Waals surface area contributed by atoms with Gasteiger partial charge in [0.2, 0.25) is 5.91 Å². The van der Waals surface area contributed by atoms with Crippen molar-refractivity contribution in [2.45, 2.75) is 44.2 Å². The molecule has 4 N–H and O–H groups in total. The van der Waals surface area contributed by atoms with E-state index in [9.17, 15) is 29.7 Å². The molecular formula is C18H25N3O6. The van der Waals surface area contributed by atoms with E-state index in [4.69, 9.17) is 0 Å². The highest BCUT2D eigenvalue weighted by atomic mass is 16.4. The fourth-order valence-corrected chi connectivity index (χ4v) is 3.12. The van der Waals surface area contributed by atoms with E-state index in [-0.39, 0.29) is 13.0 Å². The molecule has 1 fully saturated rings. The van der Waals surface area contributed by atoms with E-state index in [0.717, 1.165) is 10.5 Å².